The topological polar surface area (TPSA) is 55.5 Å². The van der Waals surface area contributed by atoms with Gasteiger partial charge in [0, 0.05) is 38.3 Å². The van der Waals surface area contributed by atoms with Crippen LogP contribution in [-0.4, -0.2) is 63.0 Å². The van der Waals surface area contributed by atoms with E-state index in [2.05, 4.69) is 33.7 Å². The number of carbonyl (C=O) groups is 1. The van der Waals surface area contributed by atoms with Crippen molar-refractivity contribution in [2.45, 2.75) is 20.0 Å². The molecule has 1 aliphatic heterocycles. The molecule has 1 amide bonds. The lowest BCUT2D eigenvalue weighted by atomic mass is 10.1. The average Bonchev–Trinajstić information content (AvgIpc) is 3.10. The van der Waals surface area contributed by atoms with Crippen molar-refractivity contribution in [2.24, 2.45) is 0 Å². The second-order valence-corrected chi connectivity index (χ2v) is 7.84. The highest BCUT2D eigenvalue weighted by Gasteiger charge is 2.23. The van der Waals surface area contributed by atoms with Crippen LogP contribution in [0, 0.1) is 4.77 Å². The highest BCUT2D eigenvalue weighted by Crippen LogP contribution is 2.17. The predicted octanol–water partition coefficient (Wildman–Crippen LogP) is 3.73. The number of amides is 1. The first-order valence-electron chi connectivity index (χ1n) is 10.6. The van der Waals surface area contributed by atoms with Gasteiger partial charge in [-0.15, -0.1) is 0 Å². The van der Waals surface area contributed by atoms with E-state index < -0.39 is 0 Å². The molecule has 1 aliphatic rings. The molecule has 4 rings (SSSR count). The first-order valence-corrected chi connectivity index (χ1v) is 11.0. The number of nitrogens with zero attached hydrogens (tertiary/aromatic N) is 5. The molecule has 2 heterocycles. The Balaban J connectivity index is 1.55. The Morgan fingerprint density at radius 1 is 1.00 bits per heavy atom. The van der Waals surface area contributed by atoms with Crippen LogP contribution in [0.2, 0.25) is 0 Å². The van der Waals surface area contributed by atoms with Crippen molar-refractivity contribution < 1.29 is 9.53 Å². The molecule has 0 spiro atoms. The third-order valence-electron chi connectivity index (χ3n) is 5.36. The minimum atomic E-state index is -0.239. The lowest BCUT2D eigenvalue weighted by molar-refractivity contribution is 0.0690. The summed E-state index contributed by atoms with van der Waals surface area (Å²) in [5, 5.41) is 4.89. The minimum absolute atomic E-state index is 0.239. The lowest BCUT2D eigenvalue weighted by Gasteiger charge is -2.33. The van der Waals surface area contributed by atoms with Crippen LogP contribution in [0.15, 0.2) is 60.7 Å². The first kappa shape index (κ1) is 21.3. The van der Waals surface area contributed by atoms with E-state index >= 15 is 0 Å². The zero-order valence-electron chi connectivity index (χ0n) is 17.7. The largest absolute Gasteiger partial charge is 0.450 e. The quantitative estimate of drug-likeness (QED) is 0.550. The number of hydrogen-bond donors (Lipinski definition) is 0. The number of para-hydroxylation sites is 1. The molecule has 0 radical (unpaired) electrons. The van der Waals surface area contributed by atoms with E-state index in [1.54, 1.807) is 4.90 Å². The summed E-state index contributed by atoms with van der Waals surface area (Å²) in [6.07, 6.45) is 0.459. The third-order valence-corrected chi connectivity index (χ3v) is 5.75. The van der Waals surface area contributed by atoms with E-state index in [0.717, 1.165) is 24.6 Å². The van der Waals surface area contributed by atoms with Crippen LogP contribution in [0.3, 0.4) is 0 Å². The Kier molecular flexibility index (Phi) is 6.79. The summed E-state index contributed by atoms with van der Waals surface area (Å²) < 4.78 is 9.72. The number of aromatic nitrogens is 3. The molecule has 1 fully saturated rings. The summed E-state index contributed by atoms with van der Waals surface area (Å²) in [4.78, 5) is 16.0. The lowest BCUT2D eigenvalue weighted by Crippen LogP contribution is -2.49. The zero-order chi connectivity index (χ0) is 21.6. The van der Waals surface area contributed by atoms with Crippen molar-refractivity contribution in [3.8, 4) is 5.69 Å². The molecule has 31 heavy (non-hydrogen) atoms. The molecule has 0 atom stereocenters. The second kappa shape index (κ2) is 9.89. The summed E-state index contributed by atoms with van der Waals surface area (Å²) in [6, 6.07) is 20.4. The van der Waals surface area contributed by atoms with E-state index in [-0.39, 0.29) is 6.09 Å². The standard InChI is InChI=1S/C23H27N5O2S/c1-2-30-23(29)26-15-13-25(14-16-26)18-27-22(31)28(20-11-7-4-8-12-20)21(24-27)17-19-9-5-3-6-10-19/h3-12H,2,13-18H2,1H3. The molecule has 0 unspecified atom stereocenters. The molecule has 0 bridgehead atoms. The summed E-state index contributed by atoms with van der Waals surface area (Å²) in [5.74, 6) is 0.910. The van der Waals surface area contributed by atoms with Crippen LogP contribution < -0.4 is 0 Å². The van der Waals surface area contributed by atoms with Gasteiger partial charge in [0.05, 0.1) is 13.3 Å². The third kappa shape index (κ3) is 5.03. The average molecular weight is 438 g/mol. The Morgan fingerprint density at radius 3 is 2.29 bits per heavy atom. The van der Waals surface area contributed by atoms with Gasteiger partial charge in [0.1, 0.15) is 5.82 Å². The van der Waals surface area contributed by atoms with Crippen molar-refractivity contribution in [3.63, 3.8) is 0 Å². The summed E-state index contributed by atoms with van der Waals surface area (Å²) >= 11 is 5.83. The smallest absolute Gasteiger partial charge is 0.409 e. The van der Waals surface area contributed by atoms with Gasteiger partial charge in [0.25, 0.3) is 0 Å². The number of ether oxygens (including phenoxy) is 1. The van der Waals surface area contributed by atoms with E-state index in [9.17, 15) is 4.79 Å². The molecule has 8 heteroatoms. The van der Waals surface area contributed by atoms with Crippen LogP contribution in [0.5, 0.6) is 0 Å². The van der Waals surface area contributed by atoms with Crippen LogP contribution >= 0.6 is 12.2 Å². The number of benzene rings is 2. The number of hydrogen-bond acceptors (Lipinski definition) is 5. The molecular weight excluding hydrogens is 410 g/mol. The Hall–Kier alpha value is -2.97. The van der Waals surface area contributed by atoms with Crippen LogP contribution in [-0.2, 0) is 17.8 Å². The second-order valence-electron chi connectivity index (χ2n) is 7.48. The van der Waals surface area contributed by atoms with E-state index in [0.29, 0.717) is 37.6 Å². The van der Waals surface area contributed by atoms with Crippen molar-refractivity contribution >= 4 is 18.3 Å². The Labute approximate surface area is 187 Å². The van der Waals surface area contributed by atoms with Gasteiger partial charge in [-0.3, -0.25) is 9.47 Å². The maximum absolute atomic E-state index is 11.9. The van der Waals surface area contributed by atoms with E-state index in [4.69, 9.17) is 22.1 Å². The molecule has 0 N–H and O–H groups in total. The summed E-state index contributed by atoms with van der Waals surface area (Å²) in [7, 11) is 0. The molecule has 7 nitrogen and oxygen atoms in total. The number of carbonyl (C=O) groups excluding carboxylic acids is 1. The Morgan fingerprint density at radius 2 is 1.65 bits per heavy atom. The van der Waals surface area contributed by atoms with Crippen LogP contribution in [0.1, 0.15) is 18.3 Å². The van der Waals surface area contributed by atoms with Gasteiger partial charge in [0.15, 0.2) is 0 Å². The van der Waals surface area contributed by atoms with E-state index in [1.807, 2.05) is 48.0 Å². The predicted molar refractivity (Wildman–Crippen MR) is 122 cm³/mol. The van der Waals surface area contributed by atoms with E-state index in [1.165, 1.54) is 5.56 Å². The first-order chi connectivity index (χ1) is 15.2. The van der Waals surface area contributed by atoms with Crippen molar-refractivity contribution in [1.82, 2.24) is 24.1 Å². The van der Waals surface area contributed by atoms with Crippen molar-refractivity contribution in [1.29, 1.82) is 0 Å². The fraction of sp³-hybridized carbons (Fsp3) is 0.348. The number of rotatable bonds is 6. The summed E-state index contributed by atoms with van der Waals surface area (Å²) in [6.45, 7) is 5.61. The molecule has 0 saturated carbocycles. The van der Waals surface area contributed by atoms with Gasteiger partial charge >= 0.3 is 6.09 Å². The van der Waals surface area contributed by atoms with Gasteiger partial charge in [0.2, 0.25) is 4.77 Å². The molecule has 0 aliphatic carbocycles. The van der Waals surface area contributed by atoms with Crippen LogP contribution in [0.4, 0.5) is 4.79 Å². The normalized spacial score (nSPS) is 14.5. The molecule has 1 saturated heterocycles. The maximum Gasteiger partial charge on any atom is 0.409 e. The maximum atomic E-state index is 11.9. The SMILES string of the molecule is CCOC(=O)N1CCN(Cn2nc(Cc3ccccc3)n(-c3ccccc3)c2=S)CC1. The summed E-state index contributed by atoms with van der Waals surface area (Å²) in [5.41, 5.74) is 2.20. The highest BCUT2D eigenvalue weighted by molar-refractivity contribution is 7.71. The van der Waals surface area contributed by atoms with Crippen molar-refractivity contribution in [2.75, 3.05) is 32.8 Å². The monoisotopic (exact) mass is 437 g/mol. The fourth-order valence-corrected chi connectivity index (χ4v) is 4.06. The highest BCUT2D eigenvalue weighted by atomic mass is 32.1. The van der Waals surface area contributed by atoms with Gasteiger partial charge in [-0.25, -0.2) is 9.48 Å². The molecule has 162 valence electrons. The molecule has 1 aromatic heterocycles. The van der Waals surface area contributed by atoms with Gasteiger partial charge in [-0.2, -0.15) is 5.10 Å². The van der Waals surface area contributed by atoms with Gasteiger partial charge < -0.3 is 9.64 Å². The molecule has 2 aromatic carbocycles. The molecule has 3 aromatic rings. The zero-order valence-corrected chi connectivity index (χ0v) is 18.5. The molecular formula is C23H27N5O2S. The minimum Gasteiger partial charge on any atom is -0.450 e. The van der Waals surface area contributed by atoms with Gasteiger partial charge in [-0.05, 0) is 36.8 Å². The van der Waals surface area contributed by atoms with Crippen molar-refractivity contribution in [3.05, 3.63) is 76.8 Å². The van der Waals surface area contributed by atoms with Gasteiger partial charge in [-0.1, -0.05) is 48.5 Å². The fourth-order valence-electron chi connectivity index (χ4n) is 3.75. The van der Waals surface area contributed by atoms with Crippen LogP contribution in [0.25, 0.3) is 5.69 Å². The number of piperazine rings is 1. The Bertz CT molecular complexity index is 1060.